The number of hydrogen-bond donors (Lipinski definition) is 2. The van der Waals surface area contributed by atoms with Crippen molar-refractivity contribution in [1.29, 1.82) is 0 Å². The summed E-state index contributed by atoms with van der Waals surface area (Å²) < 4.78 is 27.4. The first-order chi connectivity index (χ1) is 9.56. The summed E-state index contributed by atoms with van der Waals surface area (Å²) in [5.41, 5.74) is 2.16. The summed E-state index contributed by atoms with van der Waals surface area (Å²) in [6.07, 6.45) is 3.07. The summed E-state index contributed by atoms with van der Waals surface area (Å²) in [5.74, 6) is 0. The van der Waals surface area contributed by atoms with E-state index in [1.165, 1.54) is 6.20 Å². The van der Waals surface area contributed by atoms with Crippen molar-refractivity contribution < 1.29 is 8.42 Å². The molecule has 1 aromatic carbocycles. The highest BCUT2D eigenvalue weighted by Gasteiger charge is 2.19. The first-order valence-corrected chi connectivity index (χ1v) is 7.56. The van der Waals surface area contributed by atoms with E-state index in [-0.39, 0.29) is 4.90 Å². The third-order valence-electron chi connectivity index (χ3n) is 3.01. The lowest BCUT2D eigenvalue weighted by molar-refractivity contribution is 0.602. The molecule has 0 aliphatic heterocycles. The number of nitrogens with one attached hydrogen (secondary N) is 2. The number of hydrogen-bond acceptors (Lipinski definition) is 3. The molecule has 5 nitrogen and oxygen atoms in total. The van der Waals surface area contributed by atoms with Gasteiger partial charge >= 0.3 is 0 Å². The quantitative estimate of drug-likeness (QED) is 0.777. The van der Waals surface area contributed by atoms with Crippen LogP contribution in [0.2, 0.25) is 0 Å². The van der Waals surface area contributed by atoms with E-state index >= 15 is 0 Å². The van der Waals surface area contributed by atoms with E-state index in [2.05, 4.69) is 14.7 Å². The Kier molecular flexibility index (Phi) is 2.94. The lowest BCUT2D eigenvalue weighted by atomic mass is 10.2. The normalized spacial score (nSPS) is 11.7. The predicted octanol–water partition coefficient (Wildman–Crippen LogP) is 2.67. The van der Waals surface area contributed by atoms with Crippen molar-refractivity contribution in [3.05, 3.63) is 54.4 Å². The molecule has 0 radical (unpaired) electrons. The maximum absolute atomic E-state index is 12.4. The smallest absolute Gasteiger partial charge is 0.264 e. The zero-order chi connectivity index (χ0) is 14.2. The second kappa shape index (κ2) is 4.64. The van der Waals surface area contributed by atoms with Crippen LogP contribution in [0.3, 0.4) is 0 Å². The molecule has 0 aliphatic rings. The van der Waals surface area contributed by atoms with Crippen molar-refractivity contribution >= 4 is 26.7 Å². The van der Waals surface area contributed by atoms with E-state index in [0.717, 1.165) is 5.56 Å². The highest BCUT2D eigenvalue weighted by molar-refractivity contribution is 7.93. The molecule has 0 aliphatic carbocycles. The van der Waals surface area contributed by atoms with Crippen molar-refractivity contribution in [2.75, 3.05) is 4.72 Å². The Hall–Kier alpha value is -2.34. The maximum atomic E-state index is 12.4. The highest BCUT2D eigenvalue weighted by Crippen LogP contribution is 2.23. The van der Waals surface area contributed by atoms with E-state index in [9.17, 15) is 8.42 Å². The average Bonchev–Trinajstić information content (AvgIpc) is 2.86. The molecule has 2 aromatic heterocycles. The van der Waals surface area contributed by atoms with Crippen LogP contribution in [0.25, 0.3) is 11.0 Å². The number of nitrogens with zero attached hydrogens (tertiary/aromatic N) is 1. The van der Waals surface area contributed by atoms with Crippen molar-refractivity contribution in [2.45, 2.75) is 11.8 Å². The lowest BCUT2D eigenvalue weighted by Crippen LogP contribution is -2.12. The van der Waals surface area contributed by atoms with Crippen LogP contribution in [0.1, 0.15) is 5.56 Å². The monoisotopic (exact) mass is 287 g/mol. The fourth-order valence-electron chi connectivity index (χ4n) is 1.98. The molecule has 3 rings (SSSR count). The largest absolute Gasteiger partial charge is 0.345 e. The fraction of sp³-hybridized carbons (Fsp3) is 0.0714. The van der Waals surface area contributed by atoms with E-state index in [1.54, 1.807) is 30.5 Å². The van der Waals surface area contributed by atoms with Gasteiger partial charge in [-0.15, -0.1) is 0 Å². The Labute approximate surface area is 116 Å². The summed E-state index contributed by atoms with van der Waals surface area (Å²) in [4.78, 5) is 7.14. The van der Waals surface area contributed by atoms with E-state index in [4.69, 9.17) is 0 Å². The number of sulfonamides is 1. The summed E-state index contributed by atoms with van der Waals surface area (Å²) in [6, 6.07) is 10.6. The van der Waals surface area contributed by atoms with Crippen molar-refractivity contribution in [1.82, 2.24) is 9.97 Å². The molecule has 0 saturated carbocycles. The summed E-state index contributed by atoms with van der Waals surface area (Å²) >= 11 is 0. The number of pyridine rings is 1. The van der Waals surface area contributed by atoms with Crippen LogP contribution in [0.5, 0.6) is 0 Å². The molecule has 3 aromatic rings. The molecule has 6 heteroatoms. The first-order valence-electron chi connectivity index (χ1n) is 6.08. The molecular weight excluding hydrogens is 274 g/mol. The Bertz CT molecular complexity index is 852. The van der Waals surface area contributed by atoms with Gasteiger partial charge in [-0.2, -0.15) is 0 Å². The van der Waals surface area contributed by atoms with Gasteiger partial charge in [0.2, 0.25) is 0 Å². The molecule has 2 N–H and O–H groups in total. The lowest BCUT2D eigenvalue weighted by Gasteiger charge is -2.07. The SMILES string of the molecule is Cc1ccc(NS(=O)(=O)c2c[nH]c3ncccc23)cc1. The zero-order valence-electron chi connectivity index (χ0n) is 10.8. The van der Waals surface area contributed by atoms with Crippen LogP contribution >= 0.6 is 0 Å². The number of benzene rings is 1. The van der Waals surface area contributed by atoms with Crippen molar-refractivity contribution in [2.24, 2.45) is 0 Å². The Balaban J connectivity index is 2.01. The van der Waals surface area contributed by atoms with Gasteiger partial charge in [-0.3, -0.25) is 4.72 Å². The van der Waals surface area contributed by atoms with Gasteiger partial charge in [-0.1, -0.05) is 17.7 Å². The average molecular weight is 287 g/mol. The number of aryl methyl sites for hydroxylation is 1. The molecular formula is C14H13N3O2S. The van der Waals surface area contributed by atoms with E-state index in [0.29, 0.717) is 16.7 Å². The molecule has 2 heterocycles. The van der Waals surface area contributed by atoms with Gasteiger partial charge in [0.15, 0.2) is 0 Å². The molecule has 20 heavy (non-hydrogen) atoms. The van der Waals surface area contributed by atoms with Crippen LogP contribution in [-0.4, -0.2) is 18.4 Å². The summed E-state index contributed by atoms with van der Waals surface area (Å²) in [5, 5.41) is 0.576. The van der Waals surface area contributed by atoms with Gasteiger partial charge in [0.05, 0.1) is 0 Å². The van der Waals surface area contributed by atoms with Crippen LogP contribution < -0.4 is 4.72 Å². The van der Waals surface area contributed by atoms with Crippen LogP contribution in [0.15, 0.2) is 53.7 Å². The predicted molar refractivity (Wildman–Crippen MR) is 78.1 cm³/mol. The van der Waals surface area contributed by atoms with Gasteiger partial charge in [-0.05, 0) is 31.2 Å². The fourth-order valence-corrected chi connectivity index (χ4v) is 3.21. The second-order valence-electron chi connectivity index (χ2n) is 4.52. The van der Waals surface area contributed by atoms with Crippen LogP contribution in [0.4, 0.5) is 5.69 Å². The Morgan fingerprint density at radius 3 is 2.65 bits per heavy atom. The second-order valence-corrected chi connectivity index (χ2v) is 6.17. The van der Waals surface area contributed by atoms with Crippen LogP contribution in [-0.2, 0) is 10.0 Å². The molecule has 0 atom stereocenters. The summed E-state index contributed by atoms with van der Waals surface area (Å²) in [6.45, 7) is 1.95. The van der Waals surface area contributed by atoms with Crippen LogP contribution in [0, 0.1) is 6.92 Å². The van der Waals surface area contributed by atoms with Gasteiger partial charge in [0.1, 0.15) is 10.5 Å². The topological polar surface area (TPSA) is 74.8 Å². The van der Waals surface area contributed by atoms with Gasteiger partial charge in [0.25, 0.3) is 10.0 Å². The number of rotatable bonds is 3. The third-order valence-corrected chi connectivity index (χ3v) is 4.43. The van der Waals surface area contributed by atoms with Gasteiger partial charge in [0, 0.05) is 23.5 Å². The summed E-state index contributed by atoms with van der Waals surface area (Å²) in [7, 11) is -3.63. The third kappa shape index (κ3) is 2.25. The number of anilines is 1. The standard InChI is InChI=1S/C14H13N3O2S/c1-10-4-6-11(7-5-10)17-20(18,19)13-9-16-14-12(13)3-2-8-15-14/h2-9,17H,1H3,(H,15,16). The van der Waals surface area contributed by atoms with Gasteiger partial charge in [-0.25, -0.2) is 13.4 Å². The molecule has 0 fully saturated rings. The molecule has 102 valence electrons. The number of H-pyrrole nitrogens is 1. The molecule has 0 spiro atoms. The van der Waals surface area contributed by atoms with Crippen molar-refractivity contribution in [3.63, 3.8) is 0 Å². The minimum Gasteiger partial charge on any atom is -0.345 e. The van der Waals surface area contributed by atoms with E-state index in [1.807, 2.05) is 19.1 Å². The number of fused-ring (bicyclic) bond motifs is 1. The first kappa shape index (κ1) is 12.7. The van der Waals surface area contributed by atoms with E-state index < -0.39 is 10.0 Å². The van der Waals surface area contributed by atoms with Gasteiger partial charge < -0.3 is 4.98 Å². The zero-order valence-corrected chi connectivity index (χ0v) is 11.6. The van der Waals surface area contributed by atoms with Crippen molar-refractivity contribution in [3.8, 4) is 0 Å². The minimum atomic E-state index is -3.63. The number of aromatic nitrogens is 2. The highest BCUT2D eigenvalue weighted by atomic mass is 32.2. The molecule has 0 bridgehead atoms. The Morgan fingerprint density at radius 2 is 1.90 bits per heavy atom. The molecule has 0 unspecified atom stereocenters. The molecule has 0 saturated heterocycles. The number of aromatic amines is 1. The maximum Gasteiger partial charge on any atom is 0.264 e. The minimum absolute atomic E-state index is 0.196. The molecule has 0 amide bonds. The Morgan fingerprint density at radius 1 is 1.15 bits per heavy atom.